The Kier molecular flexibility index (Phi) is 8.17. The molecule has 2 rings (SSSR count). The molecule has 2 saturated heterocycles. The summed E-state index contributed by atoms with van der Waals surface area (Å²) in [7, 11) is 0. The van der Waals surface area contributed by atoms with Gasteiger partial charge in [0.05, 0.1) is 13.2 Å². The Morgan fingerprint density at radius 2 is 1.83 bits per heavy atom. The molecule has 2 heterocycles. The Morgan fingerprint density at radius 3 is 2.48 bits per heavy atom. The number of aliphatic imine (C=N–C) groups is 1. The van der Waals surface area contributed by atoms with Crippen LogP contribution < -0.4 is 5.32 Å². The van der Waals surface area contributed by atoms with Crippen LogP contribution in [0.3, 0.4) is 0 Å². The van der Waals surface area contributed by atoms with E-state index in [-0.39, 0.29) is 0 Å². The van der Waals surface area contributed by atoms with Crippen molar-refractivity contribution in [2.45, 2.75) is 40.0 Å². The quantitative estimate of drug-likeness (QED) is 0.461. The Hall–Kier alpha value is -0.810. The van der Waals surface area contributed by atoms with Crippen LogP contribution in [-0.2, 0) is 4.74 Å². The molecule has 134 valence electrons. The normalized spacial score (nSPS) is 27.3. The molecule has 0 radical (unpaired) electrons. The number of nitrogens with zero attached hydrogens (tertiary/aromatic N) is 3. The zero-order chi connectivity index (χ0) is 16.5. The number of morpholine rings is 1. The highest BCUT2D eigenvalue weighted by Crippen LogP contribution is 2.20. The van der Waals surface area contributed by atoms with Gasteiger partial charge in [-0.15, -0.1) is 0 Å². The van der Waals surface area contributed by atoms with Crippen LogP contribution in [0.25, 0.3) is 0 Å². The third-order valence-corrected chi connectivity index (χ3v) is 4.75. The summed E-state index contributed by atoms with van der Waals surface area (Å²) in [5, 5.41) is 3.48. The van der Waals surface area contributed by atoms with Gasteiger partial charge < -0.3 is 15.0 Å². The van der Waals surface area contributed by atoms with Gasteiger partial charge in [0.2, 0.25) is 0 Å². The third-order valence-electron chi connectivity index (χ3n) is 4.75. The number of guanidine groups is 1. The summed E-state index contributed by atoms with van der Waals surface area (Å²) in [5.41, 5.74) is 0. The lowest BCUT2D eigenvalue weighted by Gasteiger charge is -2.37. The van der Waals surface area contributed by atoms with E-state index < -0.39 is 0 Å². The Morgan fingerprint density at radius 1 is 1.13 bits per heavy atom. The third kappa shape index (κ3) is 6.68. The van der Waals surface area contributed by atoms with E-state index in [9.17, 15) is 0 Å². The number of hydrogen-bond donors (Lipinski definition) is 1. The monoisotopic (exact) mass is 324 g/mol. The first-order chi connectivity index (χ1) is 11.2. The van der Waals surface area contributed by atoms with Gasteiger partial charge in [-0.05, 0) is 44.6 Å². The number of hydrogen-bond acceptors (Lipinski definition) is 3. The largest absolute Gasteiger partial charge is 0.379 e. The highest BCUT2D eigenvalue weighted by molar-refractivity contribution is 5.80. The molecule has 0 spiro atoms. The van der Waals surface area contributed by atoms with Crippen molar-refractivity contribution in [1.82, 2.24) is 15.1 Å². The molecule has 0 aromatic rings. The van der Waals surface area contributed by atoms with Crippen molar-refractivity contribution in [1.29, 1.82) is 0 Å². The average Bonchev–Trinajstić information content (AvgIpc) is 2.53. The lowest BCUT2D eigenvalue weighted by Crippen LogP contribution is -2.48. The van der Waals surface area contributed by atoms with Gasteiger partial charge in [-0.3, -0.25) is 9.89 Å². The van der Waals surface area contributed by atoms with Crippen LogP contribution >= 0.6 is 0 Å². The van der Waals surface area contributed by atoms with Gasteiger partial charge in [0.25, 0.3) is 0 Å². The first-order valence-corrected chi connectivity index (χ1v) is 9.52. The van der Waals surface area contributed by atoms with E-state index in [1.165, 1.54) is 25.8 Å². The predicted molar refractivity (Wildman–Crippen MR) is 97.0 cm³/mol. The van der Waals surface area contributed by atoms with Gasteiger partial charge in [-0.25, -0.2) is 0 Å². The fourth-order valence-corrected chi connectivity index (χ4v) is 3.72. The van der Waals surface area contributed by atoms with E-state index >= 15 is 0 Å². The van der Waals surface area contributed by atoms with Crippen LogP contribution in [0.2, 0.25) is 0 Å². The number of ether oxygens (including phenoxy) is 1. The molecule has 0 bridgehead atoms. The summed E-state index contributed by atoms with van der Waals surface area (Å²) in [6, 6.07) is 0. The minimum absolute atomic E-state index is 0.768. The van der Waals surface area contributed by atoms with Crippen LogP contribution in [0.4, 0.5) is 0 Å². The van der Waals surface area contributed by atoms with Crippen molar-refractivity contribution in [3.8, 4) is 0 Å². The summed E-state index contributed by atoms with van der Waals surface area (Å²) in [4.78, 5) is 9.85. The first kappa shape index (κ1) is 18.5. The second-order valence-electron chi connectivity index (χ2n) is 7.25. The molecule has 5 nitrogen and oxygen atoms in total. The molecule has 23 heavy (non-hydrogen) atoms. The molecule has 0 aromatic heterocycles. The highest BCUT2D eigenvalue weighted by Gasteiger charge is 2.23. The zero-order valence-corrected chi connectivity index (χ0v) is 15.4. The van der Waals surface area contributed by atoms with Crippen molar-refractivity contribution in [2.24, 2.45) is 16.8 Å². The molecule has 0 aliphatic carbocycles. The number of likely N-dealkylation sites (tertiary alicyclic amines) is 1. The van der Waals surface area contributed by atoms with Gasteiger partial charge in [0, 0.05) is 39.3 Å². The minimum Gasteiger partial charge on any atom is -0.379 e. The molecular weight excluding hydrogens is 288 g/mol. The molecule has 0 aromatic carbocycles. The molecular formula is C18H36N4O. The van der Waals surface area contributed by atoms with Crippen molar-refractivity contribution >= 4 is 5.96 Å². The summed E-state index contributed by atoms with van der Waals surface area (Å²) in [6.45, 7) is 16.2. The van der Waals surface area contributed by atoms with Gasteiger partial charge >= 0.3 is 0 Å². The van der Waals surface area contributed by atoms with E-state index in [0.29, 0.717) is 0 Å². The molecule has 1 N–H and O–H groups in total. The fourth-order valence-electron chi connectivity index (χ4n) is 3.72. The topological polar surface area (TPSA) is 40.1 Å². The van der Waals surface area contributed by atoms with Crippen LogP contribution in [0, 0.1) is 11.8 Å². The van der Waals surface area contributed by atoms with E-state index in [1.54, 1.807) is 0 Å². The van der Waals surface area contributed by atoms with Gasteiger partial charge in [-0.2, -0.15) is 0 Å². The molecule has 2 aliphatic rings. The fraction of sp³-hybridized carbons (Fsp3) is 0.944. The van der Waals surface area contributed by atoms with E-state index in [2.05, 4.69) is 35.9 Å². The molecule has 0 saturated carbocycles. The zero-order valence-electron chi connectivity index (χ0n) is 15.4. The maximum atomic E-state index is 5.39. The van der Waals surface area contributed by atoms with Gasteiger partial charge in [0.1, 0.15) is 0 Å². The van der Waals surface area contributed by atoms with Crippen molar-refractivity contribution in [3.05, 3.63) is 0 Å². The predicted octanol–water partition coefficient (Wildman–Crippen LogP) is 2.04. The van der Waals surface area contributed by atoms with E-state index in [4.69, 9.17) is 9.73 Å². The number of piperidine rings is 1. The summed E-state index contributed by atoms with van der Waals surface area (Å²) in [6.07, 6.45) is 3.75. The highest BCUT2D eigenvalue weighted by atomic mass is 16.5. The standard InChI is InChI=1S/C18H36N4O/c1-4-19-18(22-14-16(2)13-17(3)15-22)20-7-5-6-8-21-9-11-23-12-10-21/h16-17H,4-15H2,1-3H3,(H,19,20). The van der Waals surface area contributed by atoms with Gasteiger partial charge in [0.15, 0.2) is 5.96 Å². The lowest BCUT2D eigenvalue weighted by atomic mass is 9.92. The van der Waals surface area contributed by atoms with Crippen molar-refractivity contribution in [3.63, 3.8) is 0 Å². The average molecular weight is 325 g/mol. The van der Waals surface area contributed by atoms with E-state index in [0.717, 1.165) is 70.3 Å². The number of nitrogens with one attached hydrogen (secondary N) is 1. The summed E-state index contributed by atoms with van der Waals surface area (Å²) in [5.74, 6) is 2.66. The first-order valence-electron chi connectivity index (χ1n) is 9.52. The number of rotatable bonds is 6. The Labute approximate surface area is 142 Å². The molecule has 2 fully saturated rings. The second-order valence-corrected chi connectivity index (χ2v) is 7.25. The van der Waals surface area contributed by atoms with E-state index in [1.807, 2.05) is 0 Å². The minimum atomic E-state index is 0.768. The Balaban J connectivity index is 1.72. The summed E-state index contributed by atoms with van der Waals surface area (Å²) < 4.78 is 5.39. The lowest BCUT2D eigenvalue weighted by molar-refractivity contribution is 0.0373. The number of unbranched alkanes of at least 4 members (excludes halogenated alkanes) is 1. The van der Waals surface area contributed by atoms with Gasteiger partial charge in [-0.1, -0.05) is 13.8 Å². The maximum Gasteiger partial charge on any atom is 0.193 e. The van der Waals surface area contributed by atoms with Crippen LogP contribution in [-0.4, -0.2) is 74.8 Å². The molecule has 2 aliphatic heterocycles. The molecule has 0 amide bonds. The smallest absolute Gasteiger partial charge is 0.193 e. The maximum absolute atomic E-state index is 5.39. The van der Waals surface area contributed by atoms with Crippen LogP contribution in [0.15, 0.2) is 4.99 Å². The Bertz CT molecular complexity index is 345. The molecule has 2 unspecified atom stereocenters. The SMILES string of the molecule is CCNC(=NCCCCN1CCOCC1)N1CC(C)CC(C)C1. The molecule has 5 heteroatoms. The van der Waals surface area contributed by atoms with Crippen LogP contribution in [0.5, 0.6) is 0 Å². The van der Waals surface area contributed by atoms with Crippen molar-refractivity contribution < 1.29 is 4.74 Å². The second kappa shape index (κ2) is 10.1. The van der Waals surface area contributed by atoms with Crippen LogP contribution in [0.1, 0.15) is 40.0 Å². The summed E-state index contributed by atoms with van der Waals surface area (Å²) >= 11 is 0. The molecule has 2 atom stereocenters. The van der Waals surface area contributed by atoms with Crippen molar-refractivity contribution in [2.75, 3.05) is 59.0 Å².